The maximum absolute atomic E-state index is 12.8. The van der Waals surface area contributed by atoms with Crippen LogP contribution in [0, 0.1) is 0 Å². The molecule has 1 saturated heterocycles. The van der Waals surface area contributed by atoms with Crippen molar-refractivity contribution in [3.05, 3.63) is 65.6 Å². The van der Waals surface area contributed by atoms with E-state index in [1.54, 1.807) is 36.4 Å². The lowest BCUT2D eigenvalue weighted by atomic mass is 9.99. The molecule has 0 bridgehead atoms. The lowest BCUT2D eigenvalue weighted by molar-refractivity contribution is -0.140. The summed E-state index contributed by atoms with van der Waals surface area (Å²) in [4.78, 5) is 29.3. The van der Waals surface area contributed by atoms with Gasteiger partial charge < -0.3 is 19.3 Å². The fourth-order valence-corrected chi connectivity index (χ4v) is 3.61. The summed E-state index contributed by atoms with van der Waals surface area (Å²) in [6.45, 7) is 7.31. The number of benzene rings is 1. The van der Waals surface area contributed by atoms with E-state index in [1.165, 1.54) is 11.2 Å². The molecule has 2 heterocycles. The zero-order chi connectivity index (χ0) is 20.1. The molecule has 0 spiro atoms. The third-order valence-electron chi connectivity index (χ3n) is 5.17. The van der Waals surface area contributed by atoms with E-state index in [0.29, 0.717) is 17.9 Å². The number of amides is 1. The highest BCUT2D eigenvalue weighted by molar-refractivity contribution is 6.46. The molecule has 1 unspecified atom stereocenters. The summed E-state index contributed by atoms with van der Waals surface area (Å²) < 4.78 is 5.53. The van der Waals surface area contributed by atoms with Gasteiger partial charge in [0.1, 0.15) is 17.6 Å². The van der Waals surface area contributed by atoms with Crippen molar-refractivity contribution in [2.45, 2.75) is 26.3 Å². The van der Waals surface area contributed by atoms with Crippen LogP contribution in [0.25, 0.3) is 5.76 Å². The van der Waals surface area contributed by atoms with Gasteiger partial charge in [-0.25, -0.2) is 0 Å². The molecule has 1 aliphatic rings. The van der Waals surface area contributed by atoms with Gasteiger partial charge >= 0.3 is 0 Å². The highest BCUT2D eigenvalue weighted by Gasteiger charge is 2.47. The van der Waals surface area contributed by atoms with E-state index in [-0.39, 0.29) is 11.3 Å². The smallest absolute Gasteiger partial charge is 0.295 e. The Morgan fingerprint density at radius 2 is 1.82 bits per heavy atom. The van der Waals surface area contributed by atoms with Gasteiger partial charge in [0, 0.05) is 12.1 Å². The summed E-state index contributed by atoms with van der Waals surface area (Å²) >= 11 is 0. The van der Waals surface area contributed by atoms with E-state index < -0.39 is 17.7 Å². The molecule has 2 aromatic rings. The van der Waals surface area contributed by atoms with Crippen molar-refractivity contribution in [3.63, 3.8) is 0 Å². The number of hydrogen-bond acceptors (Lipinski definition) is 5. The lowest BCUT2D eigenvalue weighted by Crippen LogP contribution is -2.33. The molecular weight excluding hydrogens is 356 g/mol. The Kier molecular flexibility index (Phi) is 6.31. The van der Waals surface area contributed by atoms with Crippen LogP contribution in [-0.4, -0.2) is 52.8 Å². The molecule has 3 rings (SSSR count). The van der Waals surface area contributed by atoms with E-state index in [1.807, 2.05) is 6.07 Å². The standard InChI is InChI=1S/C22H26N2O4/c1-3-23(4-2)13-9-14-24-19(17-12-8-15-28-17)18(21(26)22(24)27)20(25)16-10-6-5-7-11-16/h5-8,10-12,15,19,25H,3-4,9,13-14H2,1-2H3/b20-18+. The third kappa shape index (κ3) is 3.87. The molecule has 28 heavy (non-hydrogen) atoms. The summed E-state index contributed by atoms with van der Waals surface area (Å²) in [6, 6.07) is 11.5. The highest BCUT2D eigenvalue weighted by atomic mass is 16.3. The van der Waals surface area contributed by atoms with Crippen LogP contribution >= 0.6 is 0 Å². The fraction of sp³-hybridized carbons (Fsp3) is 0.364. The number of furan rings is 1. The van der Waals surface area contributed by atoms with Crippen molar-refractivity contribution in [1.29, 1.82) is 0 Å². The number of likely N-dealkylation sites (tertiary alicyclic amines) is 1. The number of ketones is 1. The molecule has 1 amide bonds. The highest BCUT2D eigenvalue weighted by Crippen LogP contribution is 2.39. The van der Waals surface area contributed by atoms with Gasteiger partial charge in [-0.05, 0) is 38.2 Å². The van der Waals surface area contributed by atoms with Gasteiger partial charge in [-0.1, -0.05) is 44.2 Å². The van der Waals surface area contributed by atoms with Gasteiger partial charge in [-0.15, -0.1) is 0 Å². The first-order valence-corrected chi connectivity index (χ1v) is 9.68. The normalized spacial score (nSPS) is 19.0. The molecule has 0 saturated carbocycles. The van der Waals surface area contributed by atoms with Crippen LogP contribution in [0.3, 0.4) is 0 Å². The van der Waals surface area contributed by atoms with Gasteiger partial charge in [0.15, 0.2) is 0 Å². The van der Waals surface area contributed by atoms with E-state index in [9.17, 15) is 14.7 Å². The first kappa shape index (κ1) is 19.9. The Bertz CT molecular complexity index is 839. The summed E-state index contributed by atoms with van der Waals surface area (Å²) in [6.07, 6.45) is 2.24. The van der Waals surface area contributed by atoms with E-state index in [2.05, 4.69) is 18.7 Å². The van der Waals surface area contributed by atoms with Gasteiger partial charge in [0.25, 0.3) is 11.7 Å². The molecule has 0 radical (unpaired) electrons. The average molecular weight is 382 g/mol. The van der Waals surface area contributed by atoms with Crippen molar-refractivity contribution >= 4 is 17.4 Å². The Morgan fingerprint density at radius 1 is 1.11 bits per heavy atom. The first-order chi connectivity index (χ1) is 13.6. The van der Waals surface area contributed by atoms with Gasteiger partial charge in [-0.2, -0.15) is 0 Å². The second kappa shape index (κ2) is 8.89. The minimum Gasteiger partial charge on any atom is -0.507 e. The van der Waals surface area contributed by atoms with Gasteiger partial charge in [0.2, 0.25) is 0 Å². The monoisotopic (exact) mass is 382 g/mol. The largest absolute Gasteiger partial charge is 0.507 e. The van der Waals surface area contributed by atoms with Gasteiger partial charge in [-0.3, -0.25) is 9.59 Å². The second-order valence-corrected chi connectivity index (χ2v) is 6.75. The molecule has 1 atom stereocenters. The number of Topliss-reactive ketones (excluding diaryl/α,β-unsaturated/α-hetero) is 1. The van der Waals surface area contributed by atoms with Crippen LogP contribution < -0.4 is 0 Å². The van der Waals surface area contributed by atoms with Crippen LogP contribution in [-0.2, 0) is 9.59 Å². The maximum atomic E-state index is 12.8. The fourth-order valence-electron chi connectivity index (χ4n) is 3.61. The Labute approximate surface area is 165 Å². The zero-order valence-electron chi connectivity index (χ0n) is 16.3. The predicted octanol–water partition coefficient (Wildman–Crippen LogP) is 3.43. The molecule has 1 aromatic carbocycles. The van der Waals surface area contributed by atoms with Crippen LogP contribution in [0.2, 0.25) is 0 Å². The average Bonchev–Trinajstić information content (AvgIpc) is 3.33. The summed E-state index contributed by atoms with van der Waals surface area (Å²) in [5.74, 6) is -0.977. The minimum atomic E-state index is -0.716. The second-order valence-electron chi connectivity index (χ2n) is 6.75. The van der Waals surface area contributed by atoms with Crippen molar-refractivity contribution in [2.24, 2.45) is 0 Å². The number of rotatable bonds is 8. The van der Waals surface area contributed by atoms with E-state index in [4.69, 9.17) is 4.42 Å². The summed E-state index contributed by atoms with van der Waals surface area (Å²) in [5, 5.41) is 10.8. The van der Waals surface area contributed by atoms with Crippen molar-refractivity contribution in [2.75, 3.05) is 26.2 Å². The van der Waals surface area contributed by atoms with Crippen molar-refractivity contribution in [1.82, 2.24) is 9.80 Å². The molecule has 1 aliphatic heterocycles. The lowest BCUT2D eigenvalue weighted by Gasteiger charge is -2.25. The quantitative estimate of drug-likeness (QED) is 0.430. The van der Waals surface area contributed by atoms with Crippen molar-refractivity contribution in [3.8, 4) is 0 Å². The molecule has 1 N–H and O–H groups in total. The SMILES string of the molecule is CCN(CC)CCCN1C(=O)C(=O)/C(=C(/O)c2ccccc2)C1c1ccco1. The number of carbonyl (C=O) groups excluding carboxylic acids is 2. The van der Waals surface area contributed by atoms with Gasteiger partial charge in [0.05, 0.1) is 11.8 Å². The Morgan fingerprint density at radius 3 is 2.43 bits per heavy atom. The molecule has 1 aromatic heterocycles. The number of carbonyl (C=O) groups is 2. The number of aliphatic hydroxyl groups is 1. The first-order valence-electron chi connectivity index (χ1n) is 9.68. The number of aliphatic hydroxyl groups excluding tert-OH is 1. The predicted molar refractivity (Wildman–Crippen MR) is 107 cm³/mol. The molecule has 1 fully saturated rings. The Hall–Kier alpha value is -2.86. The van der Waals surface area contributed by atoms with E-state index in [0.717, 1.165) is 26.1 Å². The van der Waals surface area contributed by atoms with Crippen LogP contribution in [0.4, 0.5) is 0 Å². The zero-order valence-corrected chi connectivity index (χ0v) is 16.3. The number of hydrogen-bond donors (Lipinski definition) is 1. The molecule has 6 nitrogen and oxygen atoms in total. The number of nitrogens with zero attached hydrogens (tertiary/aromatic N) is 2. The molecular formula is C22H26N2O4. The summed E-state index contributed by atoms with van der Waals surface area (Å²) in [7, 11) is 0. The van der Waals surface area contributed by atoms with Crippen LogP contribution in [0.15, 0.2) is 58.7 Å². The topological polar surface area (TPSA) is 74.0 Å². The maximum Gasteiger partial charge on any atom is 0.295 e. The minimum absolute atomic E-state index is 0.0778. The third-order valence-corrected chi connectivity index (χ3v) is 5.17. The Balaban J connectivity index is 1.94. The molecule has 6 heteroatoms. The molecule has 148 valence electrons. The van der Waals surface area contributed by atoms with Crippen molar-refractivity contribution < 1.29 is 19.1 Å². The van der Waals surface area contributed by atoms with E-state index >= 15 is 0 Å². The van der Waals surface area contributed by atoms with Crippen LogP contribution in [0.5, 0.6) is 0 Å². The molecule has 0 aliphatic carbocycles. The van der Waals surface area contributed by atoms with Crippen LogP contribution in [0.1, 0.15) is 37.6 Å². The summed E-state index contributed by atoms with van der Waals surface area (Å²) in [5.41, 5.74) is 0.578.